The van der Waals surface area contributed by atoms with Crippen molar-refractivity contribution in [2.24, 2.45) is 5.73 Å². The Labute approximate surface area is 152 Å². The van der Waals surface area contributed by atoms with Crippen LogP contribution < -0.4 is 5.73 Å². The van der Waals surface area contributed by atoms with Crippen LogP contribution in [-0.2, 0) is 9.53 Å². The van der Waals surface area contributed by atoms with Gasteiger partial charge in [-0.2, -0.15) is 0 Å². The molecule has 0 aliphatic rings. The molecule has 2 rings (SSSR count). The molecule has 0 saturated carbocycles. The molecule has 2 N–H and O–H groups in total. The molecule has 0 amide bonds. The lowest BCUT2D eigenvalue weighted by molar-refractivity contribution is -0.142. The van der Waals surface area contributed by atoms with E-state index in [-0.39, 0.29) is 12.0 Å². The van der Waals surface area contributed by atoms with Gasteiger partial charge in [-0.05, 0) is 41.2 Å². The Morgan fingerprint density at radius 3 is 2.54 bits per heavy atom. The fourth-order valence-corrected chi connectivity index (χ4v) is 2.65. The minimum Gasteiger partial charge on any atom is -0.468 e. The van der Waals surface area contributed by atoms with Crippen LogP contribution in [0.5, 0.6) is 0 Å². The van der Waals surface area contributed by atoms with Crippen LogP contribution in [0.15, 0.2) is 48.5 Å². The van der Waals surface area contributed by atoms with Gasteiger partial charge in [0.15, 0.2) is 0 Å². The summed E-state index contributed by atoms with van der Waals surface area (Å²) in [4.78, 5) is 11.6. The normalized spacial score (nSPS) is 13.0. The first-order valence-electron chi connectivity index (χ1n) is 8.42. The SMILES string of the molecule is COC(=O)C(N)C/C=C(\c1cccc(C(C)C)c1)c1ccc(F)cc1F. The third-order valence-electron chi connectivity index (χ3n) is 4.17. The van der Waals surface area contributed by atoms with Gasteiger partial charge in [-0.15, -0.1) is 0 Å². The van der Waals surface area contributed by atoms with Crippen LogP contribution in [0.25, 0.3) is 5.57 Å². The van der Waals surface area contributed by atoms with Crippen molar-refractivity contribution in [1.29, 1.82) is 0 Å². The Balaban J connectivity index is 2.51. The van der Waals surface area contributed by atoms with Gasteiger partial charge >= 0.3 is 5.97 Å². The summed E-state index contributed by atoms with van der Waals surface area (Å²) < 4.78 is 32.3. The zero-order valence-corrected chi connectivity index (χ0v) is 15.1. The van der Waals surface area contributed by atoms with Crippen LogP contribution in [0.3, 0.4) is 0 Å². The molecule has 0 saturated heterocycles. The van der Waals surface area contributed by atoms with E-state index in [1.807, 2.05) is 24.3 Å². The Kier molecular flexibility index (Phi) is 6.64. The van der Waals surface area contributed by atoms with E-state index >= 15 is 0 Å². The van der Waals surface area contributed by atoms with Crippen molar-refractivity contribution < 1.29 is 18.3 Å². The number of carbonyl (C=O) groups is 1. The fourth-order valence-electron chi connectivity index (χ4n) is 2.65. The minimum atomic E-state index is -0.855. The quantitative estimate of drug-likeness (QED) is 0.777. The van der Waals surface area contributed by atoms with Crippen LogP contribution in [0.4, 0.5) is 8.78 Å². The van der Waals surface area contributed by atoms with E-state index in [2.05, 4.69) is 18.6 Å². The monoisotopic (exact) mass is 359 g/mol. The van der Waals surface area contributed by atoms with Crippen molar-refractivity contribution in [3.8, 4) is 0 Å². The molecule has 0 aromatic heterocycles. The zero-order valence-electron chi connectivity index (χ0n) is 15.1. The Morgan fingerprint density at radius 2 is 1.92 bits per heavy atom. The third kappa shape index (κ3) is 4.76. The molecule has 1 atom stereocenters. The Bertz CT molecular complexity index is 815. The lowest BCUT2D eigenvalue weighted by Gasteiger charge is -2.14. The molecular formula is C21H23F2NO2. The van der Waals surface area contributed by atoms with E-state index < -0.39 is 23.6 Å². The number of hydrogen-bond acceptors (Lipinski definition) is 3. The first kappa shape index (κ1) is 19.8. The summed E-state index contributed by atoms with van der Waals surface area (Å²) in [5.41, 5.74) is 8.48. The van der Waals surface area contributed by atoms with Crippen molar-refractivity contribution in [2.75, 3.05) is 7.11 Å². The summed E-state index contributed by atoms with van der Waals surface area (Å²) >= 11 is 0. The van der Waals surface area contributed by atoms with Crippen molar-refractivity contribution in [1.82, 2.24) is 0 Å². The number of rotatable bonds is 6. The molecule has 5 heteroatoms. The number of nitrogens with two attached hydrogens (primary N) is 1. The van der Waals surface area contributed by atoms with Crippen LogP contribution in [0.1, 0.15) is 42.9 Å². The number of ether oxygens (including phenoxy) is 1. The van der Waals surface area contributed by atoms with Gasteiger partial charge in [0.2, 0.25) is 0 Å². The zero-order chi connectivity index (χ0) is 19.3. The molecule has 3 nitrogen and oxygen atoms in total. The van der Waals surface area contributed by atoms with E-state index in [1.54, 1.807) is 6.08 Å². The molecule has 0 aliphatic heterocycles. The molecule has 0 radical (unpaired) electrons. The molecular weight excluding hydrogens is 336 g/mol. The molecule has 1 unspecified atom stereocenters. The van der Waals surface area contributed by atoms with Crippen molar-refractivity contribution in [3.63, 3.8) is 0 Å². The number of methoxy groups -OCH3 is 1. The highest BCUT2D eigenvalue weighted by molar-refractivity contribution is 5.81. The summed E-state index contributed by atoms with van der Waals surface area (Å²) in [6, 6.07) is 10.3. The number of hydrogen-bond donors (Lipinski definition) is 1. The molecule has 0 spiro atoms. The summed E-state index contributed by atoms with van der Waals surface area (Å²) in [6.45, 7) is 4.13. The van der Waals surface area contributed by atoms with Crippen LogP contribution >= 0.6 is 0 Å². The molecule has 138 valence electrons. The number of carbonyl (C=O) groups excluding carboxylic acids is 1. The van der Waals surface area contributed by atoms with Crippen molar-refractivity contribution in [3.05, 3.63) is 76.9 Å². The highest BCUT2D eigenvalue weighted by Gasteiger charge is 2.16. The van der Waals surface area contributed by atoms with Gasteiger partial charge in [-0.25, -0.2) is 8.78 Å². The second-order valence-corrected chi connectivity index (χ2v) is 6.39. The van der Waals surface area contributed by atoms with E-state index in [0.717, 1.165) is 17.2 Å². The molecule has 0 heterocycles. The predicted octanol–water partition coefficient (Wildman–Crippen LogP) is 4.41. The summed E-state index contributed by atoms with van der Waals surface area (Å²) in [6.07, 6.45) is 1.86. The maximum Gasteiger partial charge on any atom is 0.322 e. The highest BCUT2D eigenvalue weighted by Crippen LogP contribution is 2.29. The lowest BCUT2D eigenvalue weighted by atomic mass is 9.92. The average molecular weight is 359 g/mol. The highest BCUT2D eigenvalue weighted by atomic mass is 19.1. The maximum atomic E-state index is 14.4. The lowest BCUT2D eigenvalue weighted by Crippen LogP contribution is -2.30. The van der Waals surface area contributed by atoms with Gasteiger partial charge in [0.05, 0.1) is 7.11 Å². The maximum absolute atomic E-state index is 14.4. The largest absolute Gasteiger partial charge is 0.468 e. The van der Waals surface area contributed by atoms with E-state index in [9.17, 15) is 13.6 Å². The van der Waals surface area contributed by atoms with Crippen LogP contribution in [0.2, 0.25) is 0 Å². The molecule has 0 bridgehead atoms. The first-order chi connectivity index (χ1) is 12.3. The molecule has 2 aromatic rings. The molecule has 26 heavy (non-hydrogen) atoms. The third-order valence-corrected chi connectivity index (χ3v) is 4.17. The van der Waals surface area contributed by atoms with Gasteiger partial charge in [0.1, 0.15) is 17.7 Å². The van der Waals surface area contributed by atoms with Gasteiger partial charge in [-0.1, -0.05) is 44.2 Å². The molecule has 0 aliphatic carbocycles. The standard InChI is InChI=1S/C21H23F2NO2/c1-13(2)14-5-4-6-15(11-14)17(9-10-20(24)21(25)26-3)18-8-7-16(22)12-19(18)23/h4-9,11-13,20H,10,24H2,1-3H3/b17-9+. The summed E-state index contributed by atoms with van der Waals surface area (Å²) in [5.74, 6) is -1.56. The van der Waals surface area contributed by atoms with Crippen molar-refractivity contribution in [2.45, 2.75) is 32.2 Å². The van der Waals surface area contributed by atoms with E-state index in [1.165, 1.54) is 19.2 Å². The topological polar surface area (TPSA) is 52.3 Å². The number of benzene rings is 2. The second-order valence-electron chi connectivity index (χ2n) is 6.39. The Hall–Kier alpha value is -2.53. The minimum absolute atomic E-state index is 0.171. The summed E-state index contributed by atoms with van der Waals surface area (Å²) in [5, 5.41) is 0. The Morgan fingerprint density at radius 1 is 1.19 bits per heavy atom. The molecule has 2 aromatic carbocycles. The molecule has 0 fully saturated rings. The second kappa shape index (κ2) is 8.72. The predicted molar refractivity (Wildman–Crippen MR) is 98.6 cm³/mol. The number of halogens is 2. The first-order valence-corrected chi connectivity index (χ1v) is 8.42. The van der Waals surface area contributed by atoms with Gasteiger partial charge < -0.3 is 10.5 Å². The van der Waals surface area contributed by atoms with Gasteiger partial charge in [0, 0.05) is 11.6 Å². The fraction of sp³-hybridized carbons (Fsp3) is 0.286. The van der Waals surface area contributed by atoms with Crippen LogP contribution in [0, 0.1) is 11.6 Å². The van der Waals surface area contributed by atoms with Gasteiger partial charge in [0.25, 0.3) is 0 Å². The van der Waals surface area contributed by atoms with E-state index in [4.69, 9.17) is 5.73 Å². The average Bonchev–Trinajstić information content (AvgIpc) is 2.62. The van der Waals surface area contributed by atoms with E-state index in [0.29, 0.717) is 11.5 Å². The van der Waals surface area contributed by atoms with Crippen LogP contribution in [-0.4, -0.2) is 19.1 Å². The summed E-state index contributed by atoms with van der Waals surface area (Å²) in [7, 11) is 1.26. The number of esters is 1. The smallest absolute Gasteiger partial charge is 0.322 e. The van der Waals surface area contributed by atoms with Crippen molar-refractivity contribution >= 4 is 11.5 Å². The van der Waals surface area contributed by atoms with Gasteiger partial charge in [-0.3, -0.25) is 4.79 Å².